The van der Waals surface area contributed by atoms with E-state index in [9.17, 15) is 19.7 Å². The number of ether oxygens (including phenoxy) is 1. The van der Waals surface area contributed by atoms with Gasteiger partial charge in [0.25, 0.3) is 11.2 Å². The molecule has 1 atom stereocenters. The van der Waals surface area contributed by atoms with Crippen LogP contribution < -0.4 is 19.8 Å². The summed E-state index contributed by atoms with van der Waals surface area (Å²) in [6, 6.07) is 22.7. The van der Waals surface area contributed by atoms with Crippen LogP contribution in [0.2, 0.25) is 0 Å². The lowest BCUT2D eigenvalue weighted by Gasteiger charge is -2.25. The van der Waals surface area contributed by atoms with Gasteiger partial charge in [-0.25, -0.2) is 9.79 Å². The fraction of sp³-hybridized carbons (Fsp3) is 0.219. The van der Waals surface area contributed by atoms with Crippen LogP contribution in [0.15, 0.2) is 94.2 Å². The van der Waals surface area contributed by atoms with E-state index in [1.54, 1.807) is 19.1 Å². The average molecular weight is 581 g/mol. The second-order valence-electron chi connectivity index (χ2n) is 10.0. The van der Waals surface area contributed by atoms with Crippen molar-refractivity contribution in [3.8, 4) is 0 Å². The number of fused-ring (bicyclic) bond motifs is 1. The first kappa shape index (κ1) is 27.3. The fourth-order valence-electron chi connectivity index (χ4n) is 5.55. The van der Waals surface area contributed by atoms with Crippen LogP contribution in [-0.4, -0.2) is 35.2 Å². The van der Waals surface area contributed by atoms with Gasteiger partial charge in [0.05, 0.1) is 33.4 Å². The Morgan fingerprint density at radius 1 is 1.07 bits per heavy atom. The highest BCUT2D eigenvalue weighted by Gasteiger charge is 2.35. The number of esters is 1. The van der Waals surface area contributed by atoms with Crippen molar-refractivity contribution in [2.75, 3.05) is 24.6 Å². The third kappa shape index (κ3) is 5.05. The summed E-state index contributed by atoms with van der Waals surface area (Å²) < 4.78 is 7.41. The molecule has 1 unspecified atom stereocenters. The molecule has 1 aromatic heterocycles. The summed E-state index contributed by atoms with van der Waals surface area (Å²) >= 11 is 1.20. The molecule has 2 aliphatic heterocycles. The lowest BCUT2D eigenvalue weighted by Crippen LogP contribution is -2.40. The van der Waals surface area contributed by atoms with Gasteiger partial charge < -0.3 is 9.64 Å². The quantitative estimate of drug-likeness (QED) is 0.182. The van der Waals surface area contributed by atoms with Gasteiger partial charge in [-0.3, -0.25) is 19.5 Å². The Kier molecular flexibility index (Phi) is 7.54. The smallest absolute Gasteiger partial charge is 0.338 e. The molecule has 0 spiro atoms. The van der Waals surface area contributed by atoms with Gasteiger partial charge in [0.15, 0.2) is 4.80 Å². The Balaban J connectivity index is 1.62. The number of benzene rings is 3. The Morgan fingerprint density at radius 2 is 1.76 bits per heavy atom. The zero-order chi connectivity index (χ0) is 29.2. The number of carbonyl (C=O) groups excluding carboxylic acids is 1. The van der Waals surface area contributed by atoms with Gasteiger partial charge in [-0.2, -0.15) is 0 Å². The van der Waals surface area contributed by atoms with Crippen LogP contribution in [0, 0.1) is 10.1 Å². The van der Waals surface area contributed by atoms with Gasteiger partial charge in [0.1, 0.15) is 0 Å². The molecule has 9 nitrogen and oxygen atoms in total. The number of hydrogen-bond donors (Lipinski definition) is 0. The second kappa shape index (κ2) is 11.6. The third-order valence-corrected chi connectivity index (χ3v) is 8.43. The van der Waals surface area contributed by atoms with Gasteiger partial charge >= 0.3 is 5.97 Å². The molecule has 6 rings (SSSR count). The number of aromatic nitrogens is 1. The van der Waals surface area contributed by atoms with Crippen molar-refractivity contribution in [3.63, 3.8) is 0 Å². The molecule has 0 bridgehead atoms. The number of hydrogen-bond acceptors (Lipinski definition) is 8. The average Bonchev–Trinajstić information content (AvgIpc) is 3.65. The zero-order valence-electron chi connectivity index (χ0n) is 22.9. The topological polar surface area (TPSA) is 107 Å². The van der Waals surface area contributed by atoms with Crippen LogP contribution in [0.1, 0.15) is 42.5 Å². The lowest BCUT2D eigenvalue weighted by molar-refractivity contribution is -0.384. The van der Waals surface area contributed by atoms with Crippen LogP contribution >= 0.6 is 11.3 Å². The molecule has 1 fully saturated rings. The van der Waals surface area contributed by atoms with Gasteiger partial charge in [0.2, 0.25) is 0 Å². The Bertz CT molecular complexity index is 1870. The van der Waals surface area contributed by atoms with E-state index >= 15 is 0 Å². The molecule has 1 saturated heterocycles. The van der Waals surface area contributed by atoms with Gasteiger partial charge in [0, 0.05) is 42.0 Å². The lowest BCUT2D eigenvalue weighted by atomic mass is 9.93. The molecule has 10 heteroatoms. The van der Waals surface area contributed by atoms with Crippen LogP contribution in [-0.2, 0) is 9.53 Å². The predicted octanol–water partition coefficient (Wildman–Crippen LogP) is 4.44. The Morgan fingerprint density at radius 3 is 2.43 bits per heavy atom. The van der Waals surface area contributed by atoms with E-state index in [0.29, 0.717) is 20.6 Å². The Hall–Kier alpha value is -4.83. The van der Waals surface area contributed by atoms with E-state index < -0.39 is 16.9 Å². The normalized spacial score (nSPS) is 16.7. The maximum atomic E-state index is 14.2. The number of thiazole rings is 1. The molecular formula is C32H28N4O5S. The fourth-order valence-corrected chi connectivity index (χ4v) is 6.54. The third-order valence-electron chi connectivity index (χ3n) is 7.44. The number of anilines is 1. The van der Waals surface area contributed by atoms with E-state index in [0.717, 1.165) is 42.7 Å². The van der Waals surface area contributed by atoms with Crippen molar-refractivity contribution < 1.29 is 14.5 Å². The summed E-state index contributed by atoms with van der Waals surface area (Å²) in [6.07, 6.45) is 3.78. The maximum absolute atomic E-state index is 14.2. The van der Waals surface area contributed by atoms with Crippen molar-refractivity contribution in [3.05, 3.63) is 131 Å². The second-order valence-corrected chi connectivity index (χ2v) is 11.0. The number of nitro benzene ring substituents is 1. The summed E-state index contributed by atoms with van der Waals surface area (Å²) in [5, 5.41) is 11.6. The SMILES string of the molecule is CCOC(=O)C1=C(c2ccccc2)N=c2s/c(=C/c3cc([N+](=O)[O-])ccc3N3CCCC3)c(=O)n2C1c1ccccc1. The minimum atomic E-state index is -0.776. The zero-order valence-corrected chi connectivity index (χ0v) is 23.8. The monoisotopic (exact) mass is 580 g/mol. The summed E-state index contributed by atoms with van der Waals surface area (Å²) in [5.74, 6) is -0.543. The summed E-state index contributed by atoms with van der Waals surface area (Å²) in [7, 11) is 0. The number of nitrogens with zero attached hydrogens (tertiary/aromatic N) is 4. The van der Waals surface area contributed by atoms with E-state index in [1.165, 1.54) is 28.0 Å². The molecular weight excluding hydrogens is 552 g/mol. The van der Waals surface area contributed by atoms with E-state index in [2.05, 4.69) is 4.90 Å². The first-order valence-electron chi connectivity index (χ1n) is 13.8. The van der Waals surface area contributed by atoms with Crippen molar-refractivity contribution in [1.82, 2.24) is 4.57 Å². The molecule has 3 aromatic carbocycles. The van der Waals surface area contributed by atoms with Crippen molar-refractivity contribution in [2.24, 2.45) is 4.99 Å². The highest BCUT2D eigenvalue weighted by molar-refractivity contribution is 7.07. The molecule has 3 heterocycles. The maximum Gasteiger partial charge on any atom is 0.338 e. The molecule has 42 heavy (non-hydrogen) atoms. The summed E-state index contributed by atoms with van der Waals surface area (Å²) in [6.45, 7) is 3.60. The van der Waals surface area contributed by atoms with Gasteiger partial charge in [-0.15, -0.1) is 0 Å². The molecule has 212 valence electrons. The Labute approximate surface area is 245 Å². The van der Waals surface area contributed by atoms with E-state index in [4.69, 9.17) is 9.73 Å². The molecule has 0 saturated carbocycles. The van der Waals surface area contributed by atoms with Crippen LogP contribution in [0.4, 0.5) is 11.4 Å². The van der Waals surface area contributed by atoms with E-state index in [-0.39, 0.29) is 23.4 Å². The van der Waals surface area contributed by atoms with Crippen LogP contribution in [0.3, 0.4) is 0 Å². The minimum Gasteiger partial charge on any atom is -0.463 e. The number of non-ortho nitro benzene ring substituents is 1. The minimum absolute atomic E-state index is 0.0462. The molecule has 0 aliphatic carbocycles. The molecule has 2 aliphatic rings. The highest BCUT2D eigenvalue weighted by atomic mass is 32.1. The van der Waals surface area contributed by atoms with Gasteiger partial charge in [-0.05, 0) is 37.5 Å². The first-order valence-corrected chi connectivity index (χ1v) is 14.6. The number of carbonyl (C=O) groups is 1. The predicted molar refractivity (Wildman–Crippen MR) is 162 cm³/mol. The number of rotatable bonds is 7. The molecule has 0 amide bonds. The van der Waals surface area contributed by atoms with Gasteiger partial charge in [-0.1, -0.05) is 72.0 Å². The summed E-state index contributed by atoms with van der Waals surface area (Å²) in [4.78, 5) is 46.4. The summed E-state index contributed by atoms with van der Waals surface area (Å²) in [5.41, 5.74) is 3.26. The van der Waals surface area contributed by atoms with Crippen molar-refractivity contribution in [1.29, 1.82) is 0 Å². The highest BCUT2D eigenvalue weighted by Crippen LogP contribution is 2.35. The number of nitro groups is 1. The molecule has 4 aromatic rings. The standard InChI is InChI=1S/C32H28N4O5S/c1-2-41-31(38)27-28(21-11-5-3-6-12-21)33-32-35(29(27)22-13-7-4-8-14-22)30(37)26(42-32)20-23-19-24(36(39)40)15-16-25(23)34-17-9-10-18-34/h3-8,11-16,19-20,29H,2,9-10,17-18H2,1H3/b26-20+. The molecule has 0 N–H and O–H groups in total. The largest absolute Gasteiger partial charge is 0.463 e. The molecule has 0 radical (unpaired) electrons. The van der Waals surface area contributed by atoms with E-state index in [1.807, 2.05) is 60.7 Å². The van der Waals surface area contributed by atoms with Crippen molar-refractivity contribution in [2.45, 2.75) is 25.8 Å². The van der Waals surface area contributed by atoms with Crippen molar-refractivity contribution >= 4 is 40.5 Å². The van der Waals surface area contributed by atoms with Crippen LogP contribution in [0.5, 0.6) is 0 Å². The first-order chi connectivity index (χ1) is 20.5. The van der Waals surface area contributed by atoms with Crippen LogP contribution in [0.25, 0.3) is 11.8 Å².